The van der Waals surface area contributed by atoms with Crippen LogP contribution in [0.1, 0.15) is 17.7 Å². The number of nitrogens with zero attached hydrogens (tertiary/aromatic N) is 5. The number of fused-ring (bicyclic) bond motifs is 1. The maximum atomic E-state index is 4.92. The Hall–Kier alpha value is -2.05. The predicted molar refractivity (Wildman–Crippen MR) is 90.1 cm³/mol. The second kappa shape index (κ2) is 5.86. The minimum atomic E-state index is 0.597. The lowest BCUT2D eigenvalue weighted by atomic mass is 10.2. The molecule has 23 heavy (non-hydrogen) atoms. The minimum absolute atomic E-state index is 0.597. The number of aromatic nitrogens is 3. The third kappa shape index (κ3) is 2.68. The molecule has 1 atom stereocenters. The third-order valence-electron chi connectivity index (χ3n) is 4.80. The number of likely N-dealkylation sites (N-methyl/N-ethyl adjacent to an activating group) is 1. The Morgan fingerprint density at radius 2 is 2.00 bits per heavy atom. The van der Waals surface area contributed by atoms with Crippen molar-refractivity contribution in [2.24, 2.45) is 0 Å². The molecule has 1 saturated heterocycles. The van der Waals surface area contributed by atoms with E-state index in [0.29, 0.717) is 6.04 Å². The summed E-state index contributed by atoms with van der Waals surface area (Å²) in [4.78, 5) is 18.5. The molecule has 0 aromatic carbocycles. The summed E-state index contributed by atoms with van der Waals surface area (Å²) in [5.74, 6) is 1.91. The van der Waals surface area contributed by atoms with Crippen molar-refractivity contribution in [3.8, 4) is 11.4 Å². The van der Waals surface area contributed by atoms with Crippen LogP contribution in [-0.4, -0.2) is 53.1 Å². The molecular formula is C17H22N6. The van der Waals surface area contributed by atoms with Gasteiger partial charge in [0.25, 0.3) is 0 Å². The molecule has 2 aliphatic heterocycles. The van der Waals surface area contributed by atoms with Gasteiger partial charge in [-0.1, -0.05) is 0 Å². The van der Waals surface area contributed by atoms with Gasteiger partial charge in [-0.25, -0.2) is 9.97 Å². The first-order chi connectivity index (χ1) is 11.2. The molecule has 0 bridgehead atoms. The van der Waals surface area contributed by atoms with Crippen LogP contribution in [0.2, 0.25) is 0 Å². The summed E-state index contributed by atoms with van der Waals surface area (Å²) in [6, 6.07) is 4.54. The van der Waals surface area contributed by atoms with E-state index in [-0.39, 0.29) is 0 Å². The summed E-state index contributed by atoms with van der Waals surface area (Å²) < 4.78 is 0. The Labute approximate surface area is 136 Å². The maximum Gasteiger partial charge on any atom is 0.161 e. The summed E-state index contributed by atoms with van der Waals surface area (Å²) in [6.07, 6.45) is 4.77. The van der Waals surface area contributed by atoms with Gasteiger partial charge in [0.15, 0.2) is 5.82 Å². The van der Waals surface area contributed by atoms with Crippen LogP contribution in [0.5, 0.6) is 0 Å². The van der Waals surface area contributed by atoms with Crippen molar-refractivity contribution < 1.29 is 0 Å². The van der Waals surface area contributed by atoms with Gasteiger partial charge in [0.2, 0.25) is 0 Å². The first kappa shape index (κ1) is 14.5. The molecule has 0 saturated carbocycles. The van der Waals surface area contributed by atoms with Crippen molar-refractivity contribution in [3.05, 3.63) is 35.8 Å². The van der Waals surface area contributed by atoms with Crippen LogP contribution in [0.4, 0.5) is 5.82 Å². The SMILES string of the molecule is CN(C)[C@H]1CCN(c2nc(-c3ccncc3)nc3c2CNC3)C1. The second-order valence-electron chi connectivity index (χ2n) is 6.49. The number of anilines is 1. The lowest BCUT2D eigenvalue weighted by Gasteiger charge is -2.23. The molecule has 1 fully saturated rings. The van der Waals surface area contributed by atoms with Gasteiger partial charge in [-0.15, -0.1) is 0 Å². The van der Waals surface area contributed by atoms with E-state index in [2.05, 4.69) is 34.2 Å². The molecule has 0 amide bonds. The van der Waals surface area contributed by atoms with E-state index >= 15 is 0 Å². The molecule has 0 spiro atoms. The normalized spacial score (nSPS) is 20.3. The van der Waals surface area contributed by atoms with Gasteiger partial charge in [0.1, 0.15) is 5.82 Å². The van der Waals surface area contributed by atoms with E-state index in [1.54, 1.807) is 12.4 Å². The molecule has 6 nitrogen and oxygen atoms in total. The molecule has 4 rings (SSSR count). The van der Waals surface area contributed by atoms with Crippen molar-refractivity contribution in [2.75, 3.05) is 32.1 Å². The number of hydrogen-bond acceptors (Lipinski definition) is 6. The minimum Gasteiger partial charge on any atom is -0.355 e. The molecule has 120 valence electrons. The number of hydrogen-bond donors (Lipinski definition) is 1. The van der Waals surface area contributed by atoms with Gasteiger partial charge < -0.3 is 15.1 Å². The van der Waals surface area contributed by atoms with Gasteiger partial charge in [0, 0.05) is 55.7 Å². The quantitative estimate of drug-likeness (QED) is 0.922. The Bertz CT molecular complexity index is 700. The highest BCUT2D eigenvalue weighted by Crippen LogP contribution is 2.30. The Balaban J connectivity index is 1.73. The molecular weight excluding hydrogens is 288 g/mol. The Morgan fingerprint density at radius 1 is 1.17 bits per heavy atom. The molecule has 2 aromatic heterocycles. The molecule has 2 aromatic rings. The highest BCUT2D eigenvalue weighted by atomic mass is 15.3. The van der Waals surface area contributed by atoms with Gasteiger partial charge >= 0.3 is 0 Å². The lowest BCUT2D eigenvalue weighted by molar-refractivity contribution is 0.315. The van der Waals surface area contributed by atoms with Crippen LogP contribution >= 0.6 is 0 Å². The Kier molecular flexibility index (Phi) is 3.71. The summed E-state index contributed by atoms with van der Waals surface area (Å²) in [5.41, 5.74) is 3.43. The van der Waals surface area contributed by atoms with Crippen molar-refractivity contribution in [3.63, 3.8) is 0 Å². The highest BCUT2D eigenvalue weighted by Gasteiger charge is 2.29. The summed E-state index contributed by atoms with van der Waals surface area (Å²) in [5, 5.41) is 3.41. The topological polar surface area (TPSA) is 57.2 Å². The predicted octanol–water partition coefficient (Wildman–Crippen LogP) is 1.28. The van der Waals surface area contributed by atoms with Crippen LogP contribution in [0, 0.1) is 0 Å². The summed E-state index contributed by atoms with van der Waals surface area (Å²) in [7, 11) is 4.31. The fourth-order valence-electron chi connectivity index (χ4n) is 3.40. The summed E-state index contributed by atoms with van der Waals surface area (Å²) >= 11 is 0. The van der Waals surface area contributed by atoms with Gasteiger partial charge in [-0.2, -0.15) is 0 Å². The third-order valence-corrected chi connectivity index (χ3v) is 4.80. The smallest absolute Gasteiger partial charge is 0.161 e. The monoisotopic (exact) mass is 310 g/mol. The van der Waals surface area contributed by atoms with E-state index in [1.165, 1.54) is 12.0 Å². The highest BCUT2D eigenvalue weighted by molar-refractivity contribution is 5.61. The standard InChI is InChI=1S/C17H22N6/c1-22(2)13-5-8-23(11-13)17-14-9-19-10-15(14)20-16(21-17)12-3-6-18-7-4-12/h3-4,6-7,13,19H,5,8-11H2,1-2H3/t13-/m0/s1. The molecule has 4 heterocycles. The van der Waals surface area contributed by atoms with Crippen molar-refractivity contribution in [1.29, 1.82) is 0 Å². The molecule has 2 aliphatic rings. The zero-order chi connectivity index (χ0) is 15.8. The fourth-order valence-corrected chi connectivity index (χ4v) is 3.40. The molecule has 0 radical (unpaired) electrons. The average molecular weight is 310 g/mol. The lowest BCUT2D eigenvalue weighted by Crippen LogP contribution is -2.32. The van der Waals surface area contributed by atoms with E-state index < -0.39 is 0 Å². The van der Waals surface area contributed by atoms with E-state index in [9.17, 15) is 0 Å². The number of rotatable bonds is 3. The van der Waals surface area contributed by atoms with Crippen LogP contribution < -0.4 is 10.2 Å². The van der Waals surface area contributed by atoms with Crippen LogP contribution in [-0.2, 0) is 13.1 Å². The Morgan fingerprint density at radius 3 is 2.74 bits per heavy atom. The van der Waals surface area contributed by atoms with Crippen molar-refractivity contribution in [1.82, 2.24) is 25.2 Å². The second-order valence-corrected chi connectivity index (χ2v) is 6.49. The average Bonchev–Trinajstić information content (AvgIpc) is 3.24. The van der Waals surface area contributed by atoms with Gasteiger partial charge in [-0.05, 0) is 32.6 Å². The van der Waals surface area contributed by atoms with Crippen LogP contribution in [0.3, 0.4) is 0 Å². The number of nitrogens with one attached hydrogen (secondary N) is 1. The maximum absolute atomic E-state index is 4.92. The number of pyridine rings is 1. The van der Waals surface area contributed by atoms with Gasteiger partial charge in [0.05, 0.1) is 5.69 Å². The van der Waals surface area contributed by atoms with E-state index in [0.717, 1.165) is 49.1 Å². The van der Waals surface area contributed by atoms with Gasteiger partial charge in [-0.3, -0.25) is 4.98 Å². The van der Waals surface area contributed by atoms with Crippen LogP contribution in [0.25, 0.3) is 11.4 Å². The molecule has 0 aliphatic carbocycles. The van der Waals surface area contributed by atoms with E-state index in [4.69, 9.17) is 9.97 Å². The largest absolute Gasteiger partial charge is 0.355 e. The first-order valence-corrected chi connectivity index (χ1v) is 8.14. The first-order valence-electron chi connectivity index (χ1n) is 8.14. The molecule has 1 N–H and O–H groups in total. The van der Waals surface area contributed by atoms with E-state index in [1.807, 2.05) is 12.1 Å². The molecule has 0 unspecified atom stereocenters. The zero-order valence-electron chi connectivity index (χ0n) is 13.7. The van der Waals surface area contributed by atoms with Crippen molar-refractivity contribution in [2.45, 2.75) is 25.6 Å². The van der Waals surface area contributed by atoms with Crippen LogP contribution in [0.15, 0.2) is 24.5 Å². The molecule has 6 heteroatoms. The fraction of sp³-hybridized carbons (Fsp3) is 0.471. The zero-order valence-corrected chi connectivity index (χ0v) is 13.7. The van der Waals surface area contributed by atoms with Crippen molar-refractivity contribution >= 4 is 5.82 Å². The summed E-state index contributed by atoms with van der Waals surface area (Å²) in [6.45, 7) is 3.78.